The molecule has 0 spiro atoms. The van der Waals surface area contributed by atoms with Crippen LogP contribution in [-0.2, 0) is 0 Å². The Morgan fingerprint density at radius 3 is 1.53 bits per heavy atom. The highest BCUT2D eigenvalue weighted by molar-refractivity contribution is 7.26. The van der Waals surface area contributed by atoms with Gasteiger partial charge in [0, 0.05) is 42.1 Å². The molecule has 2 heteroatoms. The van der Waals surface area contributed by atoms with Crippen LogP contribution in [0, 0.1) is 0 Å². The van der Waals surface area contributed by atoms with E-state index >= 15 is 0 Å². The van der Waals surface area contributed by atoms with Gasteiger partial charge in [0.15, 0.2) is 0 Å². The van der Waals surface area contributed by atoms with Crippen molar-refractivity contribution in [1.82, 2.24) is 4.98 Å². The minimum absolute atomic E-state index is 0.992. The Kier molecular flexibility index (Phi) is 5.44. The molecule has 9 aromatic rings. The number of rotatable bonds is 3. The summed E-state index contributed by atoms with van der Waals surface area (Å²) >= 11 is 1.89. The third kappa shape index (κ3) is 3.74. The molecule has 0 bridgehead atoms. The van der Waals surface area contributed by atoms with Crippen LogP contribution >= 0.6 is 11.3 Å². The van der Waals surface area contributed by atoms with Gasteiger partial charge in [0.1, 0.15) is 0 Å². The van der Waals surface area contributed by atoms with Crippen molar-refractivity contribution >= 4 is 64.0 Å². The maximum Gasteiger partial charge on any atom is 0.0794 e. The number of hydrogen-bond acceptors (Lipinski definition) is 2. The fourth-order valence-corrected chi connectivity index (χ4v) is 8.09. The molecular formula is C41H25NS. The van der Waals surface area contributed by atoms with E-state index in [1.54, 1.807) is 0 Å². The third-order valence-electron chi connectivity index (χ3n) is 8.69. The molecule has 2 heterocycles. The second kappa shape index (κ2) is 9.62. The van der Waals surface area contributed by atoms with Gasteiger partial charge in [-0.3, -0.25) is 0 Å². The summed E-state index contributed by atoms with van der Waals surface area (Å²) in [6, 6.07) is 54.6. The van der Waals surface area contributed by atoms with Crippen LogP contribution in [0.4, 0.5) is 0 Å². The van der Waals surface area contributed by atoms with Gasteiger partial charge >= 0.3 is 0 Å². The van der Waals surface area contributed by atoms with Gasteiger partial charge in [-0.05, 0) is 45.0 Å². The molecule has 0 unspecified atom stereocenters. The van der Waals surface area contributed by atoms with E-state index < -0.39 is 0 Å². The maximum absolute atomic E-state index is 5.39. The molecule has 0 atom stereocenters. The smallest absolute Gasteiger partial charge is 0.0794 e. The number of nitrogens with zero attached hydrogens (tertiary/aromatic N) is 1. The zero-order valence-electron chi connectivity index (χ0n) is 23.3. The van der Waals surface area contributed by atoms with Crippen molar-refractivity contribution in [3.8, 4) is 33.5 Å². The topological polar surface area (TPSA) is 12.9 Å². The average Bonchev–Trinajstić information content (AvgIpc) is 3.48. The molecule has 9 rings (SSSR count). The van der Waals surface area contributed by atoms with E-state index in [9.17, 15) is 0 Å². The van der Waals surface area contributed by atoms with Crippen LogP contribution < -0.4 is 0 Å². The summed E-state index contributed by atoms with van der Waals surface area (Å²) in [4.78, 5) is 5.39. The molecule has 0 amide bonds. The molecule has 0 saturated carbocycles. The second-order valence-corrected chi connectivity index (χ2v) is 12.1. The fourth-order valence-electron chi connectivity index (χ4n) is 6.73. The molecule has 200 valence electrons. The minimum Gasteiger partial charge on any atom is -0.247 e. The summed E-state index contributed by atoms with van der Waals surface area (Å²) < 4.78 is 2.64. The van der Waals surface area contributed by atoms with Gasteiger partial charge in [0.2, 0.25) is 0 Å². The highest BCUT2D eigenvalue weighted by atomic mass is 32.1. The first-order valence-electron chi connectivity index (χ1n) is 14.6. The third-order valence-corrected chi connectivity index (χ3v) is 9.98. The molecule has 1 nitrogen and oxygen atoms in total. The van der Waals surface area contributed by atoms with Crippen molar-refractivity contribution in [2.24, 2.45) is 0 Å². The molecule has 0 saturated heterocycles. The van der Waals surface area contributed by atoms with E-state index in [1.165, 1.54) is 69.4 Å². The predicted octanol–water partition coefficient (Wildman–Crippen LogP) is 11.9. The van der Waals surface area contributed by atoms with Crippen molar-refractivity contribution in [2.45, 2.75) is 0 Å². The lowest BCUT2D eigenvalue weighted by molar-refractivity contribution is 1.41. The highest BCUT2D eigenvalue weighted by Crippen LogP contribution is 2.45. The lowest BCUT2D eigenvalue weighted by atomic mass is 9.94. The number of benzene rings is 7. The Balaban J connectivity index is 1.29. The lowest BCUT2D eigenvalue weighted by Crippen LogP contribution is -1.91. The van der Waals surface area contributed by atoms with Gasteiger partial charge in [-0.1, -0.05) is 140 Å². The lowest BCUT2D eigenvalue weighted by Gasteiger charge is -2.13. The number of aromatic nitrogens is 1. The number of thiophene rings is 1. The van der Waals surface area contributed by atoms with E-state index in [0.29, 0.717) is 0 Å². The van der Waals surface area contributed by atoms with Gasteiger partial charge in [0.05, 0.1) is 11.2 Å². The quantitative estimate of drug-likeness (QED) is 0.195. The number of fused-ring (bicyclic) bond motifs is 9. The summed E-state index contributed by atoms with van der Waals surface area (Å²) in [5.74, 6) is 0. The molecule has 0 fully saturated rings. The van der Waals surface area contributed by atoms with E-state index in [4.69, 9.17) is 4.98 Å². The summed E-state index contributed by atoms with van der Waals surface area (Å²) in [6.45, 7) is 0. The molecule has 0 aliphatic carbocycles. The standard InChI is InChI=1S/C41H25NS/c1-2-12-26(13-3-1)27-20-10-22-36-37-23-11-21-35(41(37)43-40(27)36)31-17-6-8-18-32(31)38-25-24-34-30-16-5-4-14-28(30)29-15-7-9-19-33(29)39(34)42-38/h1-25H. The summed E-state index contributed by atoms with van der Waals surface area (Å²) in [7, 11) is 0. The van der Waals surface area contributed by atoms with Crippen LogP contribution in [0.2, 0.25) is 0 Å². The Bertz CT molecular complexity index is 2470. The first-order chi connectivity index (χ1) is 21.3. The van der Waals surface area contributed by atoms with Crippen molar-refractivity contribution in [1.29, 1.82) is 0 Å². The zero-order chi connectivity index (χ0) is 28.3. The Morgan fingerprint density at radius 1 is 0.326 bits per heavy atom. The largest absolute Gasteiger partial charge is 0.247 e. The van der Waals surface area contributed by atoms with Crippen molar-refractivity contribution in [2.75, 3.05) is 0 Å². The van der Waals surface area contributed by atoms with E-state index in [2.05, 4.69) is 152 Å². The molecule has 0 N–H and O–H groups in total. The molecule has 0 radical (unpaired) electrons. The Labute approximate surface area is 253 Å². The summed E-state index contributed by atoms with van der Waals surface area (Å²) in [5, 5.41) is 8.75. The predicted molar refractivity (Wildman–Crippen MR) is 186 cm³/mol. The van der Waals surface area contributed by atoms with E-state index in [-0.39, 0.29) is 0 Å². The number of pyridine rings is 1. The van der Waals surface area contributed by atoms with Crippen molar-refractivity contribution in [3.05, 3.63) is 152 Å². The Hall–Kier alpha value is -5.31. The SMILES string of the molecule is c1ccc(-c2cccc3c2sc2c(-c4ccccc4-c4ccc5c6ccccc6c6ccccc6c5n4)cccc23)cc1. The molecular weight excluding hydrogens is 539 g/mol. The number of hydrogen-bond donors (Lipinski definition) is 0. The van der Waals surface area contributed by atoms with Gasteiger partial charge in [0.25, 0.3) is 0 Å². The highest BCUT2D eigenvalue weighted by Gasteiger charge is 2.17. The Morgan fingerprint density at radius 2 is 0.814 bits per heavy atom. The van der Waals surface area contributed by atoms with Crippen LogP contribution in [0.3, 0.4) is 0 Å². The van der Waals surface area contributed by atoms with Crippen LogP contribution in [0.15, 0.2) is 152 Å². The van der Waals surface area contributed by atoms with Gasteiger partial charge in [-0.2, -0.15) is 0 Å². The minimum atomic E-state index is 0.992. The zero-order valence-corrected chi connectivity index (χ0v) is 24.1. The first kappa shape index (κ1) is 24.3. The fraction of sp³-hybridized carbons (Fsp3) is 0. The molecule has 0 aliphatic rings. The molecule has 43 heavy (non-hydrogen) atoms. The van der Waals surface area contributed by atoms with Crippen LogP contribution in [0.1, 0.15) is 0 Å². The molecule has 7 aromatic carbocycles. The van der Waals surface area contributed by atoms with Crippen molar-refractivity contribution in [3.63, 3.8) is 0 Å². The van der Waals surface area contributed by atoms with E-state index in [0.717, 1.165) is 16.8 Å². The average molecular weight is 564 g/mol. The monoisotopic (exact) mass is 563 g/mol. The van der Waals surface area contributed by atoms with Crippen LogP contribution in [0.25, 0.3) is 86.1 Å². The van der Waals surface area contributed by atoms with Crippen molar-refractivity contribution < 1.29 is 0 Å². The first-order valence-corrected chi connectivity index (χ1v) is 15.5. The summed E-state index contributed by atoms with van der Waals surface area (Å²) in [6.07, 6.45) is 0. The summed E-state index contributed by atoms with van der Waals surface area (Å²) in [5.41, 5.74) is 8.18. The molecule has 0 aliphatic heterocycles. The van der Waals surface area contributed by atoms with Gasteiger partial charge in [-0.25, -0.2) is 4.98 Å². The molecule has 2 aromatic heterocycles. The second-order valence-electron chi connectivity index (χ2n) is 11.1. The van der Waals surface area contributed by atoms with Crippen LogP contribution in [-0.4, -0.2) is 4.98 Å². The normalized spacial score (nSPS) is 11.7. The van der Waals surface area contributed by atoms with E-state index in [1.807, 2.05) is 11.3 Å². The van der Waals surface area contributed by atoms with Crippen LogP contribution in [0.5, 0.6) is 0 Å². The van der Waals surface area contributed by atoms with Gasteiger partial charge in [-0.15, -0.1) is 11.3 Å². The van der Waals surface area contributed by atoms with Gasteiger partial charge < -0.3 is 0 Å². The maximum atomic E-state index is 5.39.